The van der Waals surface area contributed by atoms with Gasteiger partial charge in [-0.2, -0.15) is 0 Å². The average Bonchev–Trinajstić information content (AvgIpc) is 3.05. The van der Waals surface area contributed by atoms with Crippen molar-refractivity contribution < 1.29 is 18.7 Å². The maximum absolute atomic E-state index is 12.4. The van der Waals surface area contributed by atoms with Crippen molar-refractivity contribution in [2.75, 3.05) is 26.8 Å². The van der Waals surface area contributed by atoms with E-state index in [2.05, 4.69) is 5.32 Å². The first-order valence-electron chi connectivity index (χ1n) is 7.64. The lowest BCUT2D eigenvalue weighted by Gasteiger charge is -2.16. The molecule has 0 aliphatic carbocycles. The molecule has 1 N–H and O–H groups in total. The van der Waals surface area contributed by atoms with E-state index in [1.54, 1.807) is 30.2 Å². The van der Waals surface area contributed by atoms with Crippen LogP contribution in [0.2, 0.25) is 0 Å². The number of aryl methyl sites for hydroxylation is 1. The summed E-state index contributed by atoms with van der Waals surface area (Å²) >= 11 is 0. The normalized spacial score (nSPS) is 17.9. The third kappa shape index (κ3) is 3.37. The number of hydrogen-bond acceptors (Lipinski definition) is 4. The van der Waals surface area contributed by atoms with E-state index in [1.807, 2.05) is 13.0 Å². The van der Waals surface area contributed by atoms with Crippen LogP contribution in [0.25, 0.3) is 11.0 Å². The first kappa shape index (κ1) is 15.6. The van der Waals surface area contributed by atoms with Crippen LogP contribution < -0.4 is 5.32 Å². The van der Waals surface area contributed by atoms with Gasteiger partial charge in [0, 0.05) is 37.6 Å². The highest BCUT2D eigenvalue weighted by atomic mass is 16.5. The zero-order valence-corrected chi connectivity index (χ0v) is 13.3. The summed E-state index contributed by atoms with van der Waals surface area (Å²) in [7, 11) is 1.60. The fourth-order valence-corrected chi connectivity index (χ4v) is 2.87. The lowest BCUT2D eigenvalue weighted by molar-refractivity contribution is -0.128. The van der Waals surface area contributed by atoms with Crippen LogP contribution in [0, 0.1) is 6.92 Å². The highest BCUT2D eigenvalue weighted by Crippen LogP contribution is 2.20. The van der Waals surface area contributed by atoms with Gasteiger partial charge in [0.25, 0.3) is 5.91 Å². The number of benzene rings is 1. The van der Waals surface area contributed by atoms with E-state index in [0.717, 1.165) is 16.7 Å². The summed E-state index contributed by atoms with van der Waals surface area (Å²) in [5.74, 6) is 0.693. The molecule has 1 fully saturated rings. The van der Waals surface area contributed by atoms with E-state index in [1.165, 1.54) is 0 Å². The SMILES string of the molecule is COCCN1C[C@H](NC(=O)c2ccc3oc(C)cc3c2)CC1=O. The number of methoxy groups -OCH3 is 1. The van der Waals surface area contributed by atoms with Gasteiger partial charge in [-0.05, 0) is 31.2 Å². The Bertz CT molecular complexity index is 737. The maximum atomic E-state index is 12.4. The van der Waals surface area contributed by atoms with Crippen LogP contribution >= 0.6 is 0 Å². The minimum atomic E-state index is -0.169. The van der Waals surface area contributed by atoms with Crippen molar-refractivity contribution in [3.8, 4) is 0 Å². The van der Waals surface area contributed by atoms with Crippen molar-refractivity contribution in [3.05, 3.63) is 35.6 Å². The number of carbonyl (C=O) groups excluding carboxylic acids is 2. The first-order chi connectivity index (χ1) is 11.1. The van der Waals surface area contributed by atoms with E-state index in [0.29, 0.717) is 31.7 Å². The van der Waals surface area contributed by atoms with Gasteiger partial charge in [0.2, 0.25) is 5.91 Å². The lowest BCUT2D eigenvalue weighted by Crippen LogP contribution is -2.37. The molecule has 1 aromatic heterocycles. The topological polar surface area (TPSA) is 71.8 Å². The molecule has 0 spiro atoms. The lowest BCUT2D eigenvalue weighted by atomic mass is 10.1. The second-order valence-corrected chi connectivity index (χ2v) is 5.82. The molecule has 0 radical (unpaired) electrons. The predicted octanol–water partition coefficient (Wildman–Crippen LogP) is 1.72. The predicted molar refractivity (Wildman–Crippen MR) is 85.3 cm³/mol. The molecule has 1 aliphatic heterocycles. The molecule has 122 valence electrons. The third-order valence-electron chi connectivity index (χ3n) is 4.02. The van der Waals surface area contributed by atoms with Gasteiger partial charge >= 0.3 is 0 Å². The highest BCUT2D eigenvalue weighted by Gasteiger charge is 2.30. The summed E-state index contributed by atoms with van der Waals surface area (Å²) in [5.41, 5.74) is 1.34. The second-order valence-electron chi connectivity index (χ2n) is 5.82. The molecule has 1 aliphatic rings. The molecule has 0 unspecified atom stereocenters. The Hall–Kier alpha value is -2.34. The number of fused-ring (bicyclic) bond motifs is 1. The van der Waals surface area contributed by atoms with Gasteiger partial charge < -0.3 is 19.4 Å². The number of rotatable bonds is 5. The number of likely N-dealkylation sites (tertiary alicyclic amines) is 1. The molecule has 1 atom stereocenters. The molecule has 2 heterocycles. The molecular formula is C17H20N2O4. The van der Waals surface area contributed by atoms with Gasteiger partial charge in [-0.15, -0.1) is 0 Å². The van der Waals surface area contributed by atoms with E-state index < -0.39 is 0 Å². The number of carbonyl (C=O) groups is 2. The van der Waals surface area contributed by atoms with Crippen LogP contribution in [0.4, 0.5) is 0 Å². The second kappa shape index (κ2) is 6.42. The minimum absolute atomic E-state index is 0.0493. The van der Waals surface area contributed by atoms with Gasteiger partial charge in [0.05, 0.1) is 12.6 Å². The summed E-state index contributed by atoms with van der Waals surface area (Å²) in [4.78, 5) is 26.0. The molecular weight excluding hydrogens is 296 g/mol. The first-order valence-corrected chi connectivity index (χ1v) is 7.64. The fourth-order valence-electron chi connectivity index (χ4n) is 2.87. The number of amides is 2. The van der Waals surface area contributed by atoms with E-state index in [-0.39, 0.29) is 17.9 Å². The monoisotopic (exact) mass is 316 g/mol. The number of ether oxygens (including phenoxy) is 1. The van der Waals surface area contributed by atoms with Crippen LogP contribution in [0.1, 0.15) is 22.5 Å². The number of furan rings is 1. The zero-order chi connectivity index (χ0) is 16.4. The van der Waals surface area contributed by atoms with Gasteiger partial charge in [-0.25, -0.2) is 0 Å². The molecule has 0 bridgehead atoms. The summed E-state index contributed by atoms with van der Waals surface area (Å²) in [6, 6.07) is 7.08. The van der Waals surface area contributed by atoms with Crippen LogP contribution in [0.3, 0.4) is 0 Å². The third-order valence-corrected chi connectivity index (χ3v) is 4.02. The van der Waals surface area contributed by atoms with Crippen molar-refractivity contribution in [2.45, 2.75) is 19.4 Å². The Morgan fingerprint density at radius 1 is 1.43 bits per heavy atom. The van der Waals surface area contributed by atoms with Crippen LogP contribution in [0.5, 0.6) is 0 Å². The van der Waals surface area contributed by atoms with Crippen molar-refractivity contribution >= 4 is 22.8 Å². The Morgan fingerprint density at radius 3 is 3.04 bits per heavy atom. The summed E-state index contributed by atoms with van der Waals surface area (Å²) < 4.78 is 10.5. The van der Waals surface area contributed by atoms with Gasteiger partial charge in [0.1, 0.15) is 11.3 Å². The van der Waals surface area contributed by atoms with Crippen LogP contribution in [-0.4, -0.2) is 49.6 Å². The summed E-state index contributed by atoms with van der Waals surface area (Å²) in [6.07, 6.45) is 0.336. The van der Waals surface area contributed by atoms with Crippen molar-refractivity contribution in [3.63, 3.8) is 0 Å². The van der Waals surface area contributed by atoms with Crippen molar-refractivity contribution in [1.29, 1.82) is 0 Å². The van der Waals surface area contributed by atoms with Crippen LogP contribution in [0.15, 0.2) is 28.7 Å². The Morgan fingerprint density at radius 2 is 2.26 bits per heavy atom. The van der Waals surface area contributed by atoms with E-state index >= 15 is 0 Å². The van der Waals surface area contributed by atoms with E-state index in [9.17, 15) is 9.59 Å². The smallest absolute Gasteiger partial charge is 0.251 e. The number of hydrogen-bond donors (Lipinski definition) is 1. The van der Waals surface area contributed by atoms with E-state index in [4.69, 9.17) is 9.15 Å². The minimum Gasteiger partial charge on any atom is -0.461 e. The molecule has 23 heavy (non-hydrogen) atoms. The number of nitrogens with one attached hydrogen (secondary N) is 1. The van der Waals surface area contributed by atoms with Crippen molar-refractivity contribution in [1.82, 2.24) is 10.2 Å². The largest absolute Gasteiger partial charge is 0.461 e. The van der Waals surface area contributed by atoms with Gasteiger partial charge in [-0.1, -0.05) is 0 Å². The molecule has 0 saturated carbocycles. The molecule has 2 aromatic rings. The van der Waals surface area contributed by atoms with Gasteiger partial charge in [-0.3, -0.25) is 9.59 Å². The Kier molecular flexibility index (Phi) is 4.34. The standard InChI is InChI=1S/C17H20N2O4/c1-11-7-13-8-12(3-4-15(13)23-11)17(21)18-14-9-16(20)19(10-14)5-6-22-2/h3-4,7-8,14H,5-6,9-10H2,1-2H3,(H,18,21)/t14-/m1/s1. The molecule has 2 amide bonds. The Labute approximate surface area is 134 Å². The maximum Gasteiger partial charge on any atom is 0.251 e. The molecule has 1 aromatic carbocycles. The zero-order valence-electron chi connectivity index (χ0n) is 13.3. The highest BCUT2D eigenvalue weighted by molar-refractivity contribution is 5.98. The quantitative estimate of drug-likeness (QED) is 0.911. The molecule has 6 nitrogen and oxygen atoms in total. The molecule has 3 rings (SSSR count). The summed E-state index contributed by atoms with van der Waals surface area (Å²) in [6.45, 7) is 3.46. The van der Waals surface area contributed by atoms with Gasteiger partial charge in [0.15, 0.2) is 0 Å². The molecule has 6 heteroatoms. The average molecular weight is 316 g/mol. The van der Waals surface area contributed by atoms with Crippen LogP contribution in [-0.2, 0) is 9.53 Å². The number of nitrogens with zero attached hydrogens (tertiary/aromatic N) is 1. The Balaban J connectivity index is 1.65. The molecule has 1 saturated heterocycles. The summed E-state index contributed by atoms with van der Waals surface area (Å²) in [5, 5.41) is 3.83. The fraction of sp³-hybridized carbons (Fsp3) is 0.412. The van der Waals surface area contributed by atoms with Crippen molar-refractivity contribution in [2.24, 2.45) is 0 Å².